The maximum atomic E-state index is 12.9. The van der Waals surface area contributed by atoms with Gasteiger partial charge in [0.15, 0.2) is 0 Å². The Kier molecular flexibility index (Phi) is 5.85. The Hall–Kier alpha value is -0.170. The third-order valence-corrected chi connectivity index (χ3v) is 3.50. The molecule has 2 atom stereocenters. The predicted molar refractivity (Wildman–Crippen MR) is 79.1 cm³/mol. The minimum Gasteiger partial charge on any atom is -0.350 e. The maximum Gasteiger partial charge on any atom is 0.252 e. The number of carbonyl (C=O) groups excluding carboxylic acids is 1. The molecule has 1 aromatic rings. The molecule has 0 saturated carbocycles. The fraction of sp³-hybridized carbons (Fsp3) is 0.417. The third-order valence-electron chi connectivity index (χ3n) is 2.23. The van der Waals surface area contributed by atoms with Crippen molar-refractivity contribution >= 4 is 44.4 Å². The third kappa shape index (κ3) is 4.91. The summed E-state index contributed by atoms with van der Waals surface area (Å²) in [6, 6.07) is 4.25. The number of halogens is 3. The molecule has 0 aliphatic rings. The fourth-order valence-electron chi connectivity index (χ4n) is 1.52. The van der Waals surface area contributed by atoms with Crippen molar-refractivity contribution in [3.63, 3.8) is 0 Å². The second kappa shape index (κ2) is 6.68. The molecule has 5 heteroatoms. The van der Waals surface area contributed by atoms with Gasteiger partial charge in [-0.15, -0.1) is 0 Å². The van der Waals surface area contributed by atoms with Crippen LogP contribution >= 0.6 is 38.5 Å². The Bertz CT molecular complexity index is 411. The highest BCUT2D eigenvalue weighted by molar-refractivity contribution is 14.1. The zero-order valence-electron chi connectivity index (χ0n) is 9.64. The number of hydrogen-bond donors (Lipinski definition) is 1. The summed E-state index contributed by atoms with van der Waals surface area (Å²) in [6.07, 6.45) is 0.851. The lowest BCUT2D eigenvalue weighted by Crippen LogP contribution is -2.34. The van der Waals surface area contributed by atoms with E-state index in [9.17, 15) is 9.18 Å². The minimum absolute atomic E-state index is 0.0812. The molecule has 0 bridgehead atoms. The molecular weight excluding hydrogens is 400 g/mol. The first kappa shape index (κ1) is 14.9. The van der Waals surface area contributed by atoms with E-state index < -0.39 is 0 Å². The molecule has 17 heavy (non-hydrogen) atoms. The van der Waals surface area contributed by atoms with E-state index in [0.717, 1.165) is 6.42 Å². The van der Waals surface area contributed by atoms with Crippen LogP contribution in [0.3, 0.4) is 0 Å². The molecular formula is C12H14BrFINO. The maximum absolute atomic E-state index is 12.9. The highest BCUT2D eigenvalue weighted by atomic mass is 127. The second-order valence-electron chi connectivity index (χ2n) is 4.02. The van der Waals surface area contributed by atoms with Gasteiger partial charge in [-0.3, -0.25) is 4.79 Å². The first-order chi connectivity index (χ1) is 7.90. The van der Waals surface area contributed by atoms with Gasteiger partial charge >= 0.3 is 0 Å². The van der Waals surface area contributed by atoms with Crippen molar-refractivity contribution in [3.05, 3.63) is 33.1 Å². The number of nitrogens with one attached hydrogen (secondary N) is 1. The molecule has 1 rings (SSSR count). The number of carbonyl (C=O) groups is 1. The first-order valence-electron chi connectivity index (χ1n) is 5.30. The van der Waals surface area contributed by atoms with E-state index in [1.54, 1.807) is 0 Å². The van der Waals surface area contributed by atoms with E-state index in [-0.39, 0.29) is 17.8 Å². The van der Waals surface area contributed by atoms with E-state index in [2.05, 4.69) is 21.2 Å². The number of amides is 1. The van der Waals surface area contributed by atoms with Crippen LogP contribution in [0, 0.1) is 9.39 Å². The predicted octanol–water partition coefficient (Wildman–Crippen LogP) is 3.72. The minimum atomic E-state index is -0.326. The molecule has 2 nitrogen and oxygen atoms in total. The van der Waals surface area contributed by atoms with Crippen LogP contribution in [0.25, 0.3) is 0 Å². The fourth-order valence-corrected chi connectivity index (χ4v) is 2.80. The Labute approximate surface area is 123 Å². The summed E-state index contributed by atoms with van der Waals surface area (Å²) in [4.78, 5) is 12.3. The SMILES string of the molecule is CC(Br)CC(C)NC(=O)c1ccc(F)cc1I. The molecule has 0 heterocycles. The molecule has 0 saturated heterocycles. The van der Waals surface area contributed by atoms with Crippen molar-refractivity contribution in [2.45, 2.75) is 31.1 Å². The Morgan fingerprint density at radius 2 is 2.18 bits per heavy atom. The Morgan fingerprint density at radius 1 is 1.53 bits per heavy atom. The smallest absolute Gasteiger partial charge is 0.252 e. The molecule has 0 aliphatic carbocycles. The van der Waals surface area contributed by atoms with Gasteiger partial charge in [-0.05, 0) is 54.1 Å². The van der Waals surface area contributed by atoms with Gasteiger partial charge in [-0.1, -0.05) is 22.9 Å². The summed E-state index contributed by atoms with van der Waals surface area (Å²) in [6.45, 7) is 3.98. The van der Waals surface area contributed by atoms with E-state index in [1.165, 1.54) is 18.2 Å². The highest BCUT2D eigenvalue weighted by Crippen LogP contribution is 2.14. The zero-order valence-corrected chi connectivity index (χ0v) is 13.4. The largest absolute Gasteiger partial charge is 0.350 e. The summed E-state index contributed by atoms with van der Waals surface area (Å²) >= 11 is 5.41. The monoisotopic (exact) mass is 413 g/mol. The normalized spacial score (nSPS) is 14.2. The molecule has 1 N–H and O–H groups in total. The lowest BCUT2D eigenvalue weighted by Gasteiger charge is -2.15. The molecule has 1 amide bonds. The van der Waals surface area contributed by atoms with Crippen LogP contribution in [0.4, 0.5) is 4.39 Å². The molecule has 2 unspecified atom stereocenters. The highest BCUT2D eigenvalue weighted by Gasteiger charge is 2.14. The summed E-state index contributed by atoms with van der Waals surface area (Å²) < 4.78 is 13.5. The van der Waals surface area contributed by atoms with Crippen LogP contribution in [0.1, 0.15) is 30.6 Å². The summed E-state index contributed by atoms with van der Waals surface area (Å²) in [7, 11) is 0. The van der Waals surface area contributed by atoms with Crippen LogP contribution in [0.5, 0.6) is 0 Å². The lowest BCUT2D eigenvalue weighted by atomic mass is 10.1. The van der Waals surface area contributed by atoms with E-state index in [4.69, 9.17) is 0 Å². The number of hydrogen-bond acceptors (Lipinski definition) is 1. The van der Waals surface area contributed by atoms with E-state index >= 15 is 0 Å². The van der Waals surface area contributed by atoms with Gasteiger partial charge in [0, 0.05) is 14.4 Å². The van der Waals surface area contributed by atoms with Gasteiger partial charge in [0.05, 0.1) is 5.56 Å². The molecule has 94 valence electrons. The molecule has 0 aliphatic heterocycles. The molecule has 0 radical (unpaired) electrons. The van der Waals surface area contributed by atoms with Crippen LogP contribution in [0.2, 0.25) is 0 Å². The van der Waals surface area contributed by atoms with Gasteiger partial charge in [0.25, 0.3) is 5.91 Å². The van der Waals surface area contributed by atoms with Gasteiger partial charge < -0.3 is 5.32 Å². The topological polar surface area (TPSA) is 29.1 Å². The quantitative estimate of drug-likeness (QED) is 0.591. The van der Waals surface area contributed by atoms with Crippen molar-refractivity contribution in [3.8, 4) is 0 Å². The van der Waals surface area contributed by atoms with Crippen molar-refractivity contribution in [2.24, 2.45) is 0 Å². The summed E-state index contributed by atoms with van der Waals surface area (Å²) in [5.74, 6) is -0.483. The van der Waals surface area contributed by atoms with E-state index in [1.807, 2.05) is 36.4 Å². The molecule has 0 aromatic heterocycles. The van der Waals surface area contributed by atoms with Crippen LogP contribution < -0.4 is 5.32 Å². The molecule has 1 aromatic carbocycles. The number of rotatable bonds is 4. The number of benzene rings is 1. The van der Waals surface area contributed by atoms with Gasteiger partial charge in [0.2, 0.25) is 0 Å². The van der Waals surface area contributed by atoms with Crippen molar-refractivity contribution < 1.29 is 9.18 Å². The van der Waals surface area contributed by atoms with Crippen LogP contribution in [-0.2, 0) is 0 Å². The van der Waals surface area contributed by atoms with Crippen molar-refractivity contribution in [1.82, 2.24) is 5.32 Å². The molecule has 0 spiro atoms. The summed E-state index contributed by atoms with van der Waals surface area (Å²) in [5.41, 5.74) is 0.515. The Morgan fingerprint density at radius 3 is 2.71 bits per heavy atom. The van der Waals surface area contributed by atoms with E-state index in [0.29, 0.717) is 14.0 Å². The molecule has 0 fully saturated rings. The van der Waals surface area contributed by atoms with Gasteiger partial charge in [0.1, 0.15) is 5.82 Å². The van der Waals surface area contributed by atoms with Crippen LogP contribution in [-0.4, -0.2) is 16.8 Å². The Balaban J connectivity index is 2.70. The summed E-state index contributed by atoms with van der Waals surface area (Å²) in [5, 5.41) is 2.89. The zero-order chi connectivity index (χ0) is 13.0. The van der Waals surface area contributed by atoms with Crippen molar-refractivity contribution in [2.75, 3.05) is 0 Å². The van der Waals surface area contributed by atoms with Crippen molar-refractivity contribution in [1.29, 1.82) is 0 Å². The standard InChI is InChI=1S/C12H14BrFINO/c1-7(13)5-8(2)16-12(17)10-4-3-9(14)6-11(10)15/h3-4,6-8H,5H2,1-2H3,(H,16,17). The number of alkyl halides is 1. The lowest BCUT2D eigenvalue weighted by molar-refractivity contribution is 0.0938. The van der Waals surface area contributed by atoms with Gasteiger partial charge in [-0.2, -0.15) is 0 Å². The average Bonchev–Trinajstić information content (AvgIpc) is 2.15. The van der Waals surface area contributed by atoms with Gasteiger partial charge in [-0.25, -0.2) is 4.39 Å². The van der Waals surface area contributed by atoms with Crippen LogP contribution in [0.15, 0.2) is 18.2 Å². The second-order valence-corrected chi connectivity index (χ2v) is 6.74. The first-order valence-corrected chi connectivity index (χ1v) is 7.29. The average molecular weight is 414 g/mol.